The lowest BCUT2D eigenvalue weighted by molar-refractivity contribution is -0.142. The highest BCUT2D eigenvalue weighted by Gasteiger charge is 2.32. The first-order valence-corrected chi connectivity index (χ1v) is 9.24. The third kappa shape index (κ3) is 4.68. The van der Waals surface area contributed by atoms with Crippen LogP contribution in [0.5, 0.6) is 11.5 Å². The molecule has 9 nitrogen and oxygen atoms in total. The van der Waals surface area contributed by atoms with Crippen LogP contribution in [0.4, 0.5) is 5.82 Å². The van der Waals surface area contributed by atoms with Crippen molar-refractivity contribution in [3.05, 3.63) is 35.1 Å². The van der Waals surface area contributed by atoms with Gasteiger partial charge in [-0.15, -0.1) is 0 Å². The molecule has 1 N–H and O–H groups in total. The second-order valence-corrected chi connectivity index (χ2v) is 6.79. The molecule has 0 saturated heterocycles. The number of rotatable bonds is 7. The highest BCUT2D eigenvalue weighted by Crippen LogP contribution is 2.39. The minimum absolute atomic E-state index is 0.0986. The Morgan fingerprint density at radius 3 is 2.55 bits per heavy atom. The van der Waals surface area contributed by atoms with Crippen LogP contribution in [0.25, 0.3) is 0 Å². The largest absolute Gasteiger partial charge is 0.493 e. The molecular weight excluding hydrogens is 378 g/mol. The van der Waals surface area contributed by atoms with Crippen molar-refractivity contribution in [1.29, 1.82) is 0 Å². The smallest absolute Gasteiger partial charge is 0.307 e. The maximum Gasteiger partial charge on any atom is 0.307 e. The third-order valence-corrected chi connectivity index (χ3v) is 4.94. The number of esters is 1. The number of amides is 1. The monoisotopic (exact) mass is 403 g/mol. The summed E-state index contributed by atoms with van der Waals surface area (Å²) in [6.45, 7) is 2.45. The Labute approximate surface area is 168 Å². The van der Waals surface area contributed by atoms with E-state index in [9.17, 15) is 9.59 Å². The number of methoxy groups -OCH3 is 3. The minimum atomic E-state index is -0.352. The lowest BCUT2D eigenvalue weighted by Gasteiger charge is -2.36. The van der Waals surface area contributed by atoms with Crippen LogP contribution in [-0.4, -0.2) is 56.4 Å². The number of nitrogens with zero attached hydrogens (tertiary/aromatic N) is 2. The molecule has 29 heavy (non-hydrogen) atoms. The second kappa shape index (κ2) is 8.95. The normalized spacial score (nSPS) is 16.1. The van der Waals surface area contributed by atoms with E-state index in [-0.39, 0.29) is 30.9 Å². The lowest BCUT2D eigenvalue weighted by Crippen LogP contribution is -2.41. The summed E-state index contributed by atoms with van der Waals surface area (Å²) in [6, 6.07) is 5.11. The number of aryl methyl sites for hydroxylation is 1. The number of carbonyl (C=O) groups excluding carboxylic acids is 2. The second-order valence-electron chi connectivity index (χ2n) is 6.79. The van der Waals surface area contributed by atoms with Gasteiger partial charge in [-0.1, -0.05) is 5.16 Å². The number of carbonyl (C=O) groups is 2. The molecule has 0 bridgehead atoms. The summed E-state index contributed by atoms with van der Waals surface area (Å²) < 4.78 is 20.7. The van der Waals surface area contributed by atoms with Gasteiger partial charge < -0.3 is 24.1 Å². The summed E-state index contributed by atoms with van der Waals surface area (Å²) in [5, 5.41) is 6.49. The number of hydrogen-bond acceptors (Lipinski definition) is 8. The van der Waals surface area contributed by atoms with E-state index in [1.807, 2.05) is 17.0 Å². The molecule has 1 aromatic carbocycles. The molecule has 0 aliphatic carbocycles. The first-order chi connectivity index (χ1) is 13.9. The van der Waals surface area contributed by atoms with E-state index >= 15 is 0 Å². The SMILES string of the molecule is COC(=O)C[C@@H]1c2cc(OC)c(OC)cc2CCN1CC(=O)Nc1cc(C)on1. The van der Waals surface area contributed by atoms with E-state index in [1.54, 1.807) is 27.2 Å². The topological polar surface area (TPSA) is 103 Å². The van der Waals surface area contributed by atoms with Gasteiger partial charge in [-0.2, -0.15) is 0 Å². The Morgan fingerprint density at radius 2 is 1.93 bits per heavy atom. The van der Waals surface area contributed by atoms with Gasteiger partial charge in [0.2, 0.25) is 5.91 Å². The van der Waals surface area contributed by atoms with Crippen molar-refractivity contribution in [2.75, 3.05) is 39.7 Å². The molecule has 2 aromatic rings. The van der Waals surface area contributed by atoms with Crippen LogP contribution in [0.3, 0.4) is 0 Å². The standard InChI is InChI=1S/C20H25N3O6/c1-12-7-18(22-29-12)21-19(24)11-23-6-5-13-8-16(26-2)17(27-3)9-14(13)15(23)10-20(25)28-4/h7-9,15H,5-6,10-11H2,1-4H3,(H,21,22,24)/t15-/m1/s1. The van der Waals surface area contributed by atoms with Crippen molar-refractivity contribution in [3.8, 4) is 11.5 Å². The van der Waals surface area contributed by atoms with Gasteiger partial charge in [0.05, 0.1) is 34.3 Å². The number of fused-ring (bicyclic) bond motifs is 1. The van der Waals surface area contributed by atoms with Gasteiger partial charge in [-0.3, -0.25) is 14.5 Å². The van der Waals surface area contributed by atoms with Crippen LogP contribution in [-0.2, 0) is 20.7 Å². The number of anilines is 1. The van der Waals surface area contributed by atoms with Crippen LogP contribution in [0.15, 0.2) is 22.7 Å². The van der Waals surface area contributed by atoms with E-state index in [0.29, 0.717) is 36.0 Å². The molecule has 0 saturated carbocycles. The quantitative estimate of drug-likeness (QED) is 0.701. The number of hydrogen-bond donors (Lipinski definition) is 1. The minimum Gasteiger partial charge on any atom is -0.493 e. The first-order valence-electron chi connectivity index (χ1n) is 9.24. The Kier molecular flexibility index (Phi) is 6.38. The van der Waals surface area contributed by atoms with E-state index in [0.717, 1.165) is 11.1 Å². The number of benzene rings is 1. The average molecular weight is 403 g/mol. The van der Waals surface area contributed by atoms with Crippen LogP contribution in [0.2, 0.25) is 0 Å². The fraction of sp³-hybridized carbons (Fsp3) is 0.450. The van der Waals surface area contributed by atoms with Crippen LogP contribution >= 0.6 is 0 Å². The van der Waals surface area contributed by atoms with Crippen LogP contribution in [0, 0.1) is 6.92 Å². The highest BCUT2D eigenvalue weighted by molar-refractivity contribution is 5.91. The number of nitrogens with one attached hydrogen (secondary N) is 1. The van der Waals surface area contributed by atoms with Crippen LogP contribution in [0.1, 0.15) is 29.3 Å². The van der Waals surface area contributed by atoms with E-state index in [4.69, 9.17) is 18.7 Å². The highest BCUT2D eigenvalue weighted by atomic mass is 16.5. The van der Waals surface area contributed by atoms with Crippen molar-refractivity contribution in [1.82, 2.24) is 10.1 Å². The summed E-state index contributed by atoms with van der Waals surface area (Å²) in [4.78, 5) is 26.5. The molecule has 2 heterocycles. The fourth-order valence-corrected chi connectivity index (χ4v) is 3.54. The van der Waals surface area contributed by atoms with Gasteiger partial charge in [0, 0.05) is 18.7 Å². The Bertz CT molecular complexity index is 894. The van der Waals surface area contributed by atoms with Gasteiger partial charge in [0.1, 0.15) is 5.76 Å². The number of ether oxygens (including phenoxy) is 3. The molecule has 1 aliphatic heterocycles. The molecule has 1 amide bonds. The Morgan fingerprint density at radius 1 is 1.21 bits per heavy atom. The zero-order chi connectivity index (χ0) is 21.0. The van der Waals surface area contributed by atoms with E-state index < -0.39 is 0 Å². The van der Waals surface area contributed by atoms with Gasteiger partial charge in [0.15, 0.2) is 17.3 Å². The van der Waals surface area contributed by atoms with Gasteiger partial charge in [-0.25, -0.2) is 0 Å². The summed E-state index contributed by atoms with van der Waals surface area (Å²) >= 11 is 0. The molecular formula is C20H25N3O6. The predicted molar refractivity (Wildman–Crippen MR) is 104 cm³/mol. The van der Waals surface area contributed by atoms with Crippen LogP contribution < -0.4 is 14.8 Å². The van der Waals surface area contributed by atoms with E-state index in [2.05, 4.69) is 10.5 Å². The molecule has 0 unspecified atom stereocenters. The fourth-order valence-electron chi connectivity index (χ4n) is 3.54. The maximum absolute atomic E-state index is 12.5. The van der Waals surface area contributed by atoms with Crippen molar-refractivity contribution >= 4 is 17.7 Å². The van der Waals surface area contributed by atoms with E-state index in [1.165, 1.54) is 7.11 Å². The molecule has 0 spiro atoms. The molecule has 3 rings (SSSR count). The average Bonchev–Trinajstić information content (AvgIpc) is 3.12. The third-order valence-electron chi connectivity index (χ3n) is 4.94. The Balaban J connectivity index is 1.85. The summed E-state index contributed by atoms with van der Waals surface area (Å²) in [7, 11) is 4.50. The maximum atomic E-state index is 12.5. The molecule has 1 aromatic heterocycles. The Hall–Kier alpha value is -3.07. The van der Waals surface area contributed by atoms with Crippen molar-refractivity contribution in [3.63, 3.8) is 0 Å². The molecule has 0 fully saturated rings. The zero-order valence-electron chi connectivity index (χ0n) is 17.0. The summed E-state index contributed by atoms with van der Waals surface area (Å²) in [5.74, 6) is 1.59. The predicted octanol–water partition coefficient (Wildman–Crippen LogP) is 2.10. The first kappa shape index (κ1) is 20.7. The summed E-state index contributed by atoms with van der Waals surface area (Å²) in [5.41, 5.74) is 1.98. The molecule has 1 atom stereocenters. The molecule has 156 valence electrons. The molecule has 0 radical (unpaired) electrons. The molecule has 1 aliphatic rings. The van der Waals surface area contributed by atoms with Gasteiger partial charge in [0.25, 0.3) is 0 Å². The van der Waals surface area contributed by atoms with Crippen molar-refractivity contribution < 1.29 is 28.3 Å². The summed E-state index contributed by atoms with van der Waals surface area (Å²) in [6.07, 6.45) is 0.832. The van der Waals surface area contributed by atoms with Crippen molar-refractivity contribution in [2.45, 2.75) is 25.8 Å². The van der Waals surface area contributed by atoms with Gasteiger partial charge >= 0.3 is 5.97 Å². The zero-order valence-corrected chi connectivity index (χ0v) is 17.0. The molecule has 9 heteroatoms. The van der Waals surface area contributed by atoms with Gasteiger partial charge in [-0.05, 0) is 36.6 Å². The lowest BCUT2D eigenvalue weighted by atomic mass is 9.90. The van der Waals surface area contributed by atoms with Crippen molar-refractivity contribution in [2.24, 2.45) is 0 Å². The number of aromatic nitrogens is 1.